The van der Waals surface area contributed by atoms with Crippen LogP contribution in [0.4, 0.5) is 0 Å². The second kappa shape index (κ2) is 7.65. The van der Waals surface area contributed by atoms with Gasteiger partial charge in [0.05, 0.1) is 12.7 Å². The molecule has 0 fully saturated rings. The number of carbonyl (C=O) groups is 3. The molecule has 0 heterocycles. The van der Waals surface area contributed by atoms with E-state index < -0.39 is 42.8 Å². The van der Waals surface area contributed by atoms with Crippen LogP contribution in [0.5, 0.6) is 0 Å². The minimum Gasteiger partial charge on any atom is -0.460 e. The lowest BCUT2D eigenvalue weighted by Gasteiger charge is -2.24. The van der Waals surface area contributed by atoms with Crippen LogP contribution in [-0.2, 0) is 28.6 Å². The molecular weight excluding hydrogens is 244 g/mol. The molecule has 104 valence electrons. The maximum absolute atomic E-state index is 11.7. The van der Waals surface area contributed by atoms with Crippen molar-refractivity contribution in [2.24, 2.45) is 0 Å². The van der Waals surface area contributed by atoms with E-state index in [1.807, 2.05) is 0 Å². The lowest BCUT2D eigenvalue weighted by atomic mass is 10.2. The highest BCUT2D eigenvalue weighted by atomic mass is 16.6. The van der Waals surface area contributed by atoms with Crippen molar-refractivity contribution in [3.63, 3.8) is 0 Å². The zero-order chi connectivity index (χ0) is 14.3. The maximum Gasteiger partial charge on any atom is 0.351 e. The van der Waals surface area contributed by atoms with Gasteiger partial charge in [0, 0.05) is 13.8 Å². The van der Waals surface area contributed by atoms with E-state index in [0.29, 0.717) is 0 Å². The quantitative estimate of drug-likeness (QED) is 0.522. The molecular formula is C11H18O7. The van der Waals surface area contributed by atoms with Crippen molar-refractivity contribution >= 4 is 17.9 Å². The molecule has 1 N–H and O–H groups in total. The van der Waals surface area contributed by atoms with Crippen LogP contribution in [0.1, 0.15) is 27.7 Å². The van der Waals surface area contributed by atoms with Crippen molar-refractivity contribution in [1.82, 2.24) is 0 Å². The number of esters is 3. The van der Waals surface area contributed by atoms with Crippen LogP contribution in [0.3, 0.4) is 0 Å². The molecule has 0 aliphatic carbocycles. The molecule has 0 radical (unpaired) electrons. The van der Waals surface area contributed by atoms with Crippen LogP contribution in [0.15, 0.2) is 0 Å². The van der Waals surface area contributed by atoms with Crippen molar-refractivity contribution in [2.45, 2.75) is 46.0 Å². The van der Waals surface area contributed by atoms with Gasteiger partial charge in [0.15, 0.2) is 6.10 Å². The van der Waals surface area contributed by atoms with Crippen LogP contribution in [0.25, 0.3) is 0 Å². The van der Waals surface area contributed by atoms with Gasteiger partial charge in [0.1, 0.15) is 0 Å². The van der Waals surface area contributed by atoms with Gasteiger partial charge in [-0.25, -0.2) is 4.79 Å². The molecule has 0 saturated heterocycles. The van der Waals surface area contributed by atoms with Gasteiger partial charge in [-0.3, -0.25) is 9.59 Å². The monoisotopic (exact) mass is 262 g/mol. The van der Waals surface area contributed by atoms with Gasteiger partial charge in [0.2, 0.25) is 6.10 Å². The second-order valence-corrected chi connectivity index (χ2v) is 3.85. The fraction of sp³-hybridized carbons (Fsp3) is 0.727. The zero-order valence-corrected chi connectivity index (χ0v) is 10.8. The van der Waals surface area contributed by atoms with E-state index in [9.17, 15) is 14.4 Å². The van der Waals surface area contributed by atoms with Crippen molar-refractivity contribution in [2.75, 3.05) is 6.61 Å². The van der Waals surface area contributed by atoms with Gasteiger partial charge in [-0.05, 0) is 13.8 Å². The fourth-order valence-electron chi connectivity index (χ4n) is 1.16. The van der Waals surface area contributed by atoms with Gasteiger partial charge in [-0.1, -0.05) is 0 Å². The van der Waals surface area contributed by atoms with Gasteiger partial charge >= 0.3 is 17.9 Å². The van der Waals surface area contributed by atoms with Crippen molar-refractivity contribution in [3.05, 3.63) is 0 Å². The normalized spacial score (nSPS) is 13.7. The molecule has 0 rings (SSSR count). The molecule has 0 aliphatic rings. The summed E-state index contributed by atoms with van der Waals surface area (Å²) >= 11 is 0. The highest BCUT2D eigenvalue weighted by molar-refractivity contribution is 5.80. The van der Waals surface area contributed by atoms with Crippen LogP contribution in [-0.4, -0.2) is 47.9 Å². The van der Waals surface area contributed by atoms with Crippen molar-refractivity contribution in [1.29, 1.82) is 0 Å². The molecule has 0 bridgehead atoms. The zero-order valence-electron chi connectivity index (χ0n) is 10.8. The summed E-state index contributed by atoms with van der Waals surface area (Å²) in [6.45, 7) is 4.77. The maximum atomic E-state index is 11.7. The molecule has 0 amide bonds. The van der Waals surface area contributed by atoms with E-state index in [0.717, 1.165) is 13.8 Å². The van der Waals surface area contributed by atoms with Crippen molar-refractivity contribution < 1.29 is 33.7 Å². The number of hydrogen-bond acceptors (Lipinski definition) is 7. The summed E-state index contributed by atoms with van der Waals surface area (Å²) in [5.74, 6) is -2.32. The Morgan fingerprint density at radius 2 is 1.50 bits per heavy atom. The summed E-state index contributed by atoms with van der Waals surface area (Å²) in [7, 11) is 0. The standard InChI is InChI=1S/C11H18O7/c1-6(2)16-11(15)10(18-8(4)14)9(5-12)17-7(3)13/h6,9-10,12H,5H2,1-4H3/t9-,10+/m0/s1. The number of rotatable bonds is 6. The number of ether oxygens (including phenoxy) is 3. The molecule has 0 aromatic heterocycles. The van der Waals surface area contributed by atoms with Crippen LogP contribution in [0.2, 0.25) is 0 Å². The minimum atomic E-state index is -1.47. The first-order chi connectivity index (χ1) is 8.27. The smallest absolute Gasteiger partial charge is 0.351 e. The summed E-state index contributed by atoms with van der Waals surface area (Å²) in [5, 5.41) is 9.06. The third kappa shape index (κ3) is 6.19. The molecule has 0 spiro atoms. The molecule has 7 nitrogen and oxygen atoms in total. The highest BCUT2D eigenvalue weighted by Gasteiger charge is 2.35. The topological polar surface area (TPSA) is 99.1 Å². The predicted molar refractivity (Wildman–Crippen MR) is 59.4 cm³/mol. The Morgan fingerprint density at radius 1 is 1.00 bits per heavy atom. The van der Waals surface area contributed by atoms with Gasteiger partial charge in [-0.15, -0.1) is 0 Å². The SMILES string of the molecule is CC(=O)O[C@@H](CO)[C@@H](OC(C)=O)C(=O)OC(C)C. The fourth-order valence-corrected chi connectivity index (χ4v) is 1.16. The summed E-state index contributed by atoms with van der Waals surface area (Å²) in [6.07, 6.45) is -3.18. The van der Waals surface area contributed by atoms with Crippen LogP contribution < -0.4 is 0 Å². The number of aliphatic hydroxyl groups excluding tert-OH is 1. The number of carbonyl (C=O) groups excluding carboxylic acids is 3. The molecule has 0 unspecified atom stereocenters. The number of aliphatic hydroxyl groups is 1. The van der Waals surface area contributed by atoms with Crippen LogP contribution in [0, 0.1) is 0 Å². The lowest BCUT2D eigenvalue weighted by Crippen LogP contribution is -2.44. The Morgan fingerprint density at radius 3 is 1.83 bits per heavy atom. The Kier molecular flexibility index (Phi) is 6.96. The minimum absolute atomic E-state index is 0.424. The molecule has 0 aromatic rings. The van der Waals surface area contributed by atoms with Crippen molar-refractivity contribution in [3.8, 4) is 0 Å². The van der Waals surface area contributed by atoms with E-state index in [2.05, 4.69) is 0 Å². The Labute approximate surface area is 105 Å². The first kappa shape index (κ1) is 16.4. The number of hydrogen-bond donors (Lipinski definition) is 1. The Balaban J connectivity index is 4.87. The van der Waals surface area contributed by atoms with Gasteiger partial charge < -0.3 is 19.3 Å². The lowest BCUT2D eigenvalue weighted by molar-refractivity contribution is -0.185. The van der Waals surface area contributed by atoms with Gasteiger partial charge in [-0.2, -0.15) is 0 Å². The summed E-state index contributed by atoms with van der Waals surface area (Å²) in [6, 6.07) is 0. The molecule has 0 aromatic carbocycles. The first-order valence-corrected chi connectivity index (χ1v) is 5.43. The Bertz CT molecular complexity index is 311. The van der Waals surface area contributed by atoms with Gasteiger partial charge in [0.25, 0.3) is 0 Å². The average molecular weight is 262 g/mol. The molecule has 0 aliphatic heterocycles. The summed E-state index contributed by atoms with van der Waals surface area (Å²) in [4.78, 5) is 33.4. The summed E-state index contributed by atoms with van der Waals surface area (Å²) in [5.41, 5.74) is 0. The van der Waals surface area contributed by atoms with E-state index in [4.69, 9.17) is 19.3 Å². The largest absolute Gasteiger partial charge is 0.460 e. The molecule has 7 heteroatoms. The predicted octanol–water partition coefficient (Wildman–Crippen LogP) is -0.206. The molecule has 2 atom stereocenters. The van der Waals surface area contributed by atoms with E-state index in [1.165, 1.54) is 0 Å². The van der Waals surface area contributed by atoms with E-state index >= 15 is 0 Å². The van der Waals surface area contributed by atoms with E-state index in [-0.39, 0.29) is 0 Å². The average Bonchev–Trinajstić information content (AvgIpc) is 2.21. The third-order valence-corrected chi connectivity index (χ3v) is 1.71. The van der Waals surface area contributed by atoms with Crippen LogP contribution >= 0.6 is 0 Å². The Hall–Kier alpha value is -1.63. The second-order valence-electron chi connectivity index (χ2n) is 3.85. The summed E-state index contributed by atoms with van der Waals surface area (Å²) < 4.78 is 14.3. The first-order valence-electron chi connectivity index (χ1n) is 5.43. The highest BCUT2D eigenvalue weighted by Crippen LogP contribution is 2.09. The third-order valence-electron chi connectivity index (χ3n) is 1.71. The van der Waals surface area contributed by atoms with E-state index in [1.54, 1.807) is 13.8 Å². The molecule has 0 saturated carbocycles. The molecule has 18 heavy (non-hydrogen) atoms.